The van der Waals surface area contributed by atoms with E-state index in [4.69, 9.17) is 5.11 Å². The molecule has 2 aromatic rings. The summed E-state index contributed by atoms with van der Waals surface area (Å²) in [5.74, 6) is -0.821. The average Bonchev–Trinajstić information content (AvgIpc) is 3.31. The van der Waals surface area contributed by atoms with Gasteiger partial charge >= 0.3 is 12.0 Å². The van der Waals surface area contributed by atoms with Gasteiger partial charge < -0.3 is 20.0 Å². The summed E-state index contributed by atoms with van der Waals surface area (Å²) >= 11 is 0. The summed E-state index contributed by atoms with van der Waals surface area (Å²) < 4.78 is 1.11. The van der Waals surface area contributed by atoms with Crippen LogP contribution in [0, 0.1) is 12.8 Å². The monoisotopic (exact) mass is 469 g/mol. The lowest BCUT2D eigenvalue weighted by Crippen LogP contribution is -2.49. The highest BCUT2D eigenvalue weighted by molar-refractivity contribution is 5.86. The number of amides is 1. The van der Waals surface area contributed by atoms with Gasteiger partial charge in [0.15, 0.2) is 5.69 Å². The van der Waals surface area contributed by atoms with Crippen LogP contribution >= 0.6 is 0 Å². The van der Waals surface area contributed by atoms with Gasteiger partial charge in [-0.25, -0.2) is 9.59 Å². The van der Waals surface area contributed by atoms with Gasteiger partial charge in [-0.15, -0.1) is 0 Å². The van der Waals surface area contributed by atoms with Gasteiger partial charge in [0.05, 0.1) is 5.60 Å². The van der Waals surface area contributed by atoms with E-state index in [0.29, 0.717) is 19.0 Å². The zero-order valence-corrected chi connectivity index (χ0v) is 20.3. The lowest BCUT2D eigenvalue weighted by atomic mass is 9.83. The summed E-state index contributed by atoms with van der Waals surface area (Å²) in [6.07, 6.45) is 3.36. The van der Waals surface area contributed by atoms with Gasteiger partial charge in [0.1, 0.15) is 0 Å². The molecular weight excluding hydrogens is 434 g/mol. The molecule has 9 heteroatoms. The van der Waals surface area contributed by atoms with Crippen LogP contribution in [-0.2, 0) is 6.54 Å². The Morgan fingerprint density at radius 3 is 2.32 bits per heavy atom. The number of carboxylic acids is 1. The van der Waals surface area contributed by atoms with E-state index in [1.54, 1.807) is 4.90 Å². The molecule has 2 aliphatic heterocycles. The fraction of sp³-hybridized carbons (Fsp3) is 0.560. The lowest BCUT2D eigenvalue weighted by Gasteiger charge is -2.40. The Hall–Kier alpha value is -2.91. The van der Waals surface area contributed by atoms with Crippen LogP contribution in [0.3, 0.4) is 0 Å². The first-order chi connectivity index (χ1) is 16.1. The van der Waals surface area contributed by atoms with Gasteiger partial charge in [-0.3, -0.25) is 4.90 Å². The summed E-state index contributed by atoms with van der Waals surface area (Å²) in [4.78, 5) is 30.2. The number of piperidine rings is 1. The Kier molecular flexibility index (Phi) is 6.95. The SMILES string of the molecule is Cc1ccc(CN2CCN(C(=O)n3ccc(C(=O)O)n3)CC2)c(N2CCC(C(C)(C)O)CC2)c1. The van der Waals surface area contributed by atoms with E-state index in [-0.39, 0.29) is 11.7 Å². The highest BCUT2D eigenvalue weighted by Crippen LogP contribution is 2.32. The number of piperazine rings is 1. The molecule has 2 saturated heterocycles. The van der Waals surface area contributed by atoms with Crippen molar-refractivity contribution in [3.63, 3.8) is 0 Å². The largest absolute Gasteiger partial charge is 0.476 e. The van der Waals surface area contributed by atoms with Crippen LogP contribution < -0.4 is 4.90 Å². The van der Waals surface area contributed by atoms with E-state index in [2.05, 4.69) is 40.0 Å². The molecule has 3 heterocycles. The van der Waals surface area contributed by atoms with Crippen molar-refractivity contribution in [3.8, 4) is 0 Å². The molecule has 34 heavy (non-hydrogen) atoms. The molecule has 2 N–H and O–H groups in total. The number of hydrogen-bond donors (Lipinski definition) is 2. The number of aryl methyl sites for hydroxylation is 1. The quantitative estimate of drug-likeness (QED) is 0.694. The topological polar surface area (TPSA) is 102 Å². The molecule has 0 spiro atoms. The highest BCUT2D eigenvalue weighted by atomic mass is 16.4. The van der Waals surface area contributed by atoms with Gasteiger partial charge in [-0.05, 0) is 62.8 Å². The number of aliphatic hydroxyl groups is 1. The summed E-state index contributed by atoms with van der Waals surface area (Å²) in [6, 6.07) is 7.66. The van der Waals surface area contributed by atoms with E-state index >= 15 is 0 Å². The molecular formula is C25H35N5O4. The Bertz CT molecular complexity index is 1030. The van der Waals surface area contributed by atoms with Crippen molar-refractivity contribution >= 4 is 17.7 Å². The fourth-order valence-electron chi connectivity index (χ4n) is 4.96. The zero-order chi connectivity index (χ0) is 24.5. The second-order valence-electron chi connectivity index (χ2n) is 10.0. The molecule has 4 rings (SSSR count). The minimum atomic E-state index is -1.14. The van der Waals surface area contributed by atoms with E-state index in [0.717, 1.165) is 50.2 Å². The number of aromatic carboxylic acids is 1. The number of benzene rings is 1. The highest BCUT2D eigenvalue weighted by Gasteiger charge is 2.31. The normalized spacial score (nSPS) is 18.4. The summed E-state index contributed by atoms with van der Waals surface area (Å²) in [5.41, 5.74) is 3.02. The fourth-order valence-corrected chi connectivity index (χ4v) is 4.96. The molecule has 2 aliphatic rings. The third-order valence-corrected chi connectivity index (χ3v) is 7.12. The number of hydrogen-bond acceptors (Lipinski definition) is 6. The van der Waals surface area contributed by atoms with Crippen LogP contribution in [0.15, 0.2) is 30.5 Å². The Morgan fingerprint density at radius 1 is 1.06 bits per heavy atom. The molecule has 1 aromatic carbocycles. The second kappa shape index (κ2) is 9.76. The van der Waals surface area contributed by atoms with Crippen LogP contribution in [0.25, 0.3) is 0 Å². The van der Waals surface area contributed by atoms with Crippen LogP contribution in [0.2, 0.25) is 0 Å². The first-order valence-corrected chi connectivity index (χ1v) is 12.0. The minimum Gasteiger partial charge on any atom is -0.476 e. The Labute approximate surface area is 200 Å². The predicted octanol–water partition coefficient (Wildman–Crippen LogP) is 2.66. The maximum atomic E-state index is 12.7. The smallest absolute Gasteiger partial charge is 0.356 e. The molecule has 9 nitrogen and oxygen atoms in total. The predicted molar refractivity (Wildman–Crippen MR) is 129 cm³/mol. The van der Waals surface area contributed by atoms with Gasteiger partial charge in [0, 0.05) is 57.7 Å². The molecule has 1 amide bonds. The third-order valence-electron chi connectivity index (χ3n) is 7.12. The van der Waals surface area contributed by atoms with Crippen molar-refractivity contribution in [2.24, 2.45) is 5.92 Å². The van der Waals surface area contributed by atoms with Crippen molar-refractivity contribution in [1.29, 1.82) is 0 Å². The average molecular weight is 470 g/mol. The Morgan fingerprint density at radius 2 is 1.74 bits per heavy atom. The number of carbonyl (C=O) groups excluding carboxylic acids is 1. The van der Waals surface area contributed by atoms with Gasteiger partial charge in [-0.1, -0.05) is 12.1 Å². The number of aromatic nitrogens is 2. The van der Waals surface area contributed by atoms with Crippen molar-refractivity contribution in [1.82, 2.24) is 19.6 Å². The maximum Gasteiger partial charge on any atom is 0.356 e. The van der Waals surface area contributed by atoms with Gasteiger partial charge in [0.2, 0.25) is 0 Å². The molecule has 0 radical (unpaired) electrons. The standard InChI is InChI=1S/C25H35N5O4/c1-18-4-5-19(22(16-18)28-9-6-20(7-10-28)25(2,3)34)17-27-12-14-29(15-13-27)24(33)30-11-8-21(26-30)23(31)32/h4-5,8,11,16,20,34H,6-7,9-10,12-15,17H2,1-3H3,(H,31,32). The minimum absolute atomic E-state index is 0.134. The van der Waals surface area contributed by atoms with E-state index in [9.17, 15) is 14.7 Å². The van der Waals surface area contributed by atoms with Crippen molar-refractivity contribution < 1.29 is 19.8 Å². The van der Waals surface area contributed by atoms with E-state index in [1.165, 1.54) is 29.1 Å². The Balaban J connectivity index is 1.37. The van der Waals surface area contributed by atoms with Crippen LogP contribution in [-0.4, -0.2) is 86.7 Å². The summed E-state index contributed by atoms with van der Waals surface area (Å²) in [7, 11) is 0. The van der Waals surface area contributed by atoms with E-state index < -0.39 is 11.6 Å². The third kappa shape index (κ3) is 5.42. The van der Waals surface area contributed by atoms with Crippen molar-refractivity contribution in [2.45, 2.75) is 45.8 Å². The van der Waals surface area contributed by atoms with Gasteiger partial charge in [-0.2, -0.15) is 9.78 Å². The van der Waals surface area contributed by atoms with Crippen LogP contribution in [0.4, 0.5) is 10.5 Å². The number of carbonyl (C=O) groups is 2. The lowest BCUT2D eigenvalue weighted by molar-refractivity contribution is 0.00649. The number of anilines is 1. The molecule has 0 aliphatic carbocycles. The molecule has 0 bridgehead atoms. The molecule has 0 atom stereocenters. The van der Waals surface area contributed by atoms with Crippen LogP contribution in [0.1, 0.15) is 48.3 Å². The summed E-state index contributed by atoms with van der Waals surface area (Å²) in [6.45, 7) is 11.3. The first kappa shape index (κ1) is 24.2. The number of nitrogens with zero attached hydrogens (tertiary/aromatic N) is 5. The number of carboxylic acid groups (broad SMARTS) is 1. The summed E-state index contributed by atoms with van der Waals surface area (Å²) in [5, 5.41) is 23.3. The molecule has 0 unspecified atom stereocenters. The van der Waals surface area contributed by atoms with E-state index in [1.807, 2.05) is 13.8 Å². The molecule has 184 valence electrons. The molecule has 1 aromatic heterocycles. The molecule has 2 fully saturated rings. The second-order valence-corrected chi connectivity index (χ2v) is 10.0. The van der Waals surface area contributed by atoms with Gasteiger partial charge in [0.25, 0.3) is 0 Å². The first-order valence-electron chi connectivity index (χ1n) is 12.0. The zero-order valence-electron chi connectivity index (χ0n) is 20.3. The molecule has 0 saturated carbocycles. The van der Waals surface area contributed by atoms with Crippen molar-refractivity contribution in [3.05, 3.63) is 47.3 Å². The maximum absolute atomic E-state index is 12.7. The number of rotatable bonds is 5. The van der Waals surface area contributed by atoms with Crippen LogP contribution in [0.5, 0.6) is 0 Å². The van der Waals surface area contributed by atoms with Crippen molar-refractivity contribution in [2.75, 3.05) is 44.2 Å².